The summed E-state index contributed by atoms with van der Waals surface area (Å²) in [5.41, 5.74) is 1.49. The van der Waals surface area contributed by atoms with Crippen LogP contribution in [0.3, 0.4) is 0 Å². The Morgan fingerprint density at radius 2 is 1.94 bits per heavy atom. The number of hydrogen-bond donors (Lipinski definition) is 0. The number of rotatable bonds is 3. The van der Waals surface area contributed by atoms with Crippen molar-refractivity contribution in [3.63, 3.8) is 0 Å². The van der Waals surface area contributed by atoms with Crippen molar-refractivity contribution in [1.82, 2.24) is 9.88 Å². The van der Waals surface area contributed by atoms with Crippen molar-refractivity contribution in [3.05, 3.63) is 23.9 Å². The topological polar surface area (TPSA) is 19.4 Å². The Kier molecular flexibility index (Phi) is 2.81. The van der Waals surface area contributed by atoms with E-state index in [4.69, 9.17) is 0 Å². The summed E-state index contributed by atoms with van der Waals surface area (Å²) in [5.74, 6) is 3.66. The quantitative estimate of drug-likeness (QED) is 0.814. The number of likely N-dealkylation sites (tertiary alicyclic amines) is 1. The molecular weight excluding hydrogens is 222 g/mol. The lowest BCUT2D eigenvalue weighted by molar-refractivity contribution is 0.243. The molecule has 18 heavy (non-hydrogen) atoms. The lowest BCUT2D eigenvalue weighted by atomic mass is 10.1. The van der Waals surface area contributed by atoms with E-state index in [2.05, 4.69) is 54.9 Å². The molecule has 3 rings (SSSR count). The van der Waals surface area contributed by atoms with E-state index in [0.717, 1.165) is 23.6 Å². The van der Waals surface area contributed by atoms with E-state index in [1.54, 1.807) is 0 Å². The van der Waals surface area contributed by atoms with Crippen LogP contribution in [0.5, 0.6) is 0 Å². The van der Waals surface area contributed by atoms with Gasteiger partial charge in [0.15, 0.2) is 0 Å². The summed E-state index contributed by atoms with van der Waals surface area (Å²) in [6, 6.07) is 5.17. The number of fused-ring (bicyclic) bond motifs is 1. The molecule has 2 heterocycles. The molecule has 2 atom stereocenters. The number of hydrogen-bond acceptors (Lipinski definition) is 3. The van der Waals surface area contributed by atoms with Gasteiger partial charge in [-0.25, -0.2) is 4.98 Å². The van der Waals surface area contributed by atoms with Gasteiger partial charge in [-0.05, 0) is 49.3 Å². The number of piperidine rings is 1. The number of pyridine rings is 1. The number of aromatic nitrogens is 1. The van der Waals surface area contributed by atoms with Crippen molar-refractivity contribution < 1.29 is 0 Å². The second kappa shape index (κ2) is 4.23. The third kappa shape index (κ3) is 1.91. The Morgan fingerprint density at radius 3 is 2.50 bits per heavy atom. The molecule has 0 N–H and O–H groups in total. The largest absolute Gasteiger partial charge is 0.363 e. The van der Waals surface area contributed by atoms with Gasteiger partial charge in [0.1, 0.15) is 5.82 Å². The van der Waals surface area contributed by atoms with E-state index >= 15 is 0 Å². The molecule has 1 aromatic rings. The van der Waals surface area contributed by atoms with Crippen LogP contribution in [-0.4, -0.2) is 43.1 Å². The van der Waals surface area contributed by atoms with Gasteiger partial charge < -0.3 is 9.80 Å². The van der Waals surface area contributed by atoms with Crippen LogP contribution in [0.25, 0.3) is 0 Å². The molecule has 1 saturated heterocycles. The van der Waals surface area contributed by atoms with Crippen LogP contribution >= 0.6 is 0 Å². The zero-order valence-electron chi connectivity index (χ0n) is 11.8. The molecule has 1 saturated carbocycles. The minimum atomic E-state index is 0.702. The van der Waals surface area contributed by atoms with Crippen molar-refractivity contribution in [2.45, 2.75) is 25.8 Å². The van der Waals surface area contributed by atoms with Gasteiger partial charge >= 0.3 is 0 Å². The van der Waals surface area contributed by atoms with Crippen LogP contribution in [0.4, 0.5) is 5.82 Å². The molecule has 0 spiro atoms. The fourth-order valence-electron chi connectivity index (χ4n) is 3.36. The monoisotopic (exact) mass is 245 g/mol. The minimum absolute atomic E-state index is 0.702. The third-order valence-corrected chi connectivity index (χ3v) is 4.57. The maximum atomic E-state index is 4.40. The van der Waals surface area contributed by atoms with E-state index in [-0.39, 0.29) is 0 Å². The van der Waals surface area contributed by atoms with Crippen LogP contribution < -0.4 is 4.90 Å². The molecule has 0 radical (unpaired) electrons. The predicted molar refractivity (Wildman–Crippen MR) is 75.0 cm³/mol. The van der Waals surface area contributed by atoms with Crippen molar-refractivity contribution in [1.29, 1.82) is 0 Å². The standard InChI is InChI=1S/C15H23N3/c1-10(2)18-8-12-13(9-18)15(12)11-5-6-16-14(7-11)17(3)4/h5-7,10,12-13,15H,8-9H2,1-4H3. The maximum Gasteiger partial charge on any atom is 0.128 e. The van der Waals surface area contributed by atoms with Gasteiger partial charge in [-0.15, -0.1) is 0 Å². The normalized spacial score (nSPS) is 30.6. The van der Waals surface area contributed by atoms with Gasteiger partial charge in [0.25, 0.3) is 0 Å². The molecule has 98 valence electrons. The van der Waals surface area contributed by atoms with Crippen molar-refractivity contribution in [2.24, 2.45) is 11.8 Å². The molecule has 3 nitrogen and oxygen atoms in total. The molecule has 3 heteroatoms. The van der Waals surface area contributed by atoms with Gasteiger partial charge in [0.2, 0.25) is 0 Å². The zero-order chi connectivity index (χ0) is 12.9. The summed E-state index contributed by atoms with van der Waals surface area (Å²) in [6.45, 7) is 7.17. The van der Waals surface area contributed by atoms with Crippen molar-refractivity contribution in [2.75, 3.05) is 32.1 Å². The van der Waals surface area contributed by atoms with Crippen molar-refractivity contribution >= 4 is 5.82 Å². The first-order valence-electron chi connectivity index (χ1n) is 6.95. The van der Waals surface area contributed by atoms with Gasteiger partial charge in [0.05, 0.1) is 0 Å². The Labute approximate surface area is 110 Å². The maximum absolute atomic E-state index is 4.40. The first-order chi connectivity index (χ1) is 8.58. The van der Waals surface area contributed by atoms with Gasteiger partial charge in [-0.2, -0.15) is 0 Å². The van der Waals surface area contributed by atoms with Gasteiger partial charge in [0, 0.05) is 39.4 Å². The second-order valence-electron chi connectivity index (χ2n) is 6.24. The van der Waals surface area contributed by atoms with Gasteiger partial charge in [-0.3, -0.25) is 0 Å². The summed E-state index contributed by atoms with van der Waals surface area (Å²) < 4.78 is 0. The average Bonchev–Trinajstić information content (AvgIpc) is 2.84. The Balaban J connectivity index is 1.71. The molecular formula is C15H23N3. The number of nitrogens with zero attached hydrogens (tertiary/aromatic N) is 3. The highest BCUT2D eigenvalue weighted by Gasteiger charge is 2.56. The smallest absolute Gasteiger partial charge is 0.128 e. The van der Waals surface area contributed by atoms with Crippen molar-refractivity contribution in [3.8, 4) is 0 Å². The second-order valence-corrected chi connectivity index (χ2v) is 6.24. The molecule has 0 aromatic carbocycles. The van der Waals surface area contributed by atoms with E-state index in [9.17, 15) is 0 Å². The zero-order valence-corrected chi connectivity index (χ0v) is 11.8. The SMILES string of the molecule is CC(C)N1CC2C(C1)C2c1ccnc(N(C)C)c1. The highest BCUT2D eigenvalue weighted by molar-refractivity contribution is 5.43. The highest BCUT2D eigenvalue weighted by Crippen LogP contribution is 2.58. The van der Waals surface area contributed by atoms with Crippen LogP contribution in [-0.2, 0) is 0 Å². The minimum Gasteiger partial charge on any atom is -0.363 e. The van der Waals surface area contributed by atoms with Crippen LogP contribution in [0.2, 0.25) is 0 Å². The lowest BCUT2D eigenvalue weighted by Gasteiger charge is -2.23. The average molecular weight is 245 g/mol. The molecule has 0 bridgehead atoms. The lowest BCUT2D eigenvalue weighted by Crippen LogP contribution is -2.31. The molecule has 1 aromatic heterocycles. The van der Waals surface area contributed by atoms with E-state index in [1.165, 1.54) is 18.7 Å². The summed E-state index contributed by atoms with van der Waals surface area (Å²) in [6.07, 6.45) is 1.96. The fourth-order valence-corrected chi connectivity index (χ4v) is 3.36. The summed E-state index contributed by atoms with van der Waals surface area (Å²) >= 11 is 0. The Hall–Kier alpha value is -1.09. The van der Waals surface area contributed by atoms with Crippen LogP contribution in [0, 0.1) is 11.8 Å². The first kappa shape index (κ1) is 12.0. The van der Waals surface area contributed by atoms with Crippen LogP contribution in [0.1, 0.15) is 25.3 Å². The van der Waals surface area contributed by atoms with E-state index in [0.29, 0.717) is 6.04 Å². The number of anilines is 1. The fraction of sp³-hybridized carbons (Fsp3) is 0.667. The molecule has 2 aliphatic rings. The summed E-state index contributed by atoms with van der Waals surface area (Å²) in [7, 11) is 4.11. The van der Waals surface area contributed by atoms with Gasteiger partial charge in [-0.1, -0.05) is 0 Å². The Bertz CT molecular complexity index is 429. The molecule has 1 aliphatic carbocycles. The third-order valence-electron chi connectivity index (χ3n) is 4.57. The highest BCUT2D eigenvalue weighted by atomic mass is 15.2. The Morgan fingerprint density at radius 1 is 1.28 bits per heavy atom. The summed E-state index contributed by atoms with van der Waals surface area (Å²) in [4.78, 5) is 9.10. The predicted octanol–water partition coefficient (Wildman–Crippen LogP) is 2.20. The molecule has 1 aliphatic heterocycles. The molecule has 2 fully saturated rings. The summed E-state index contributed by atoms with van der Waals surface area (Å²) in [5, 5.41) is 0. The van der Waals surface area contributed by atoms with Crippen LogP contribution in [0.15, 0.2) is 18.3 Å². The molecule has 2 unspecified atom stereocenters. The van der Waals surface area contributed by atoms with E-state index < -0.39 is 0 Å². The molecule has 0 amide bonds. The first-order valence-corrected chi connectivity index (χ1v) is 6.95. The van der Waals surface area contributed by atoms with E-state index in [1.807, 2.05) is 6.20 Å².